The van der Waals surface area contributed by atoms with E-state index in [1.165, 1.54) is 84.7 Å². The lowest BCUT2D eigenvalue weighted by Crippen LogP contribution is -2.19. The Bertz CT molecular complexity index is 824. The molecule has 0 atom stereocenters. The van der Waals surface area contributed by atoms with Crippen molar-refractivity contribution in [3.63, 3.8) is 0 Å². The highest BCUT2D eigenvalue weighted by Gasteiger charge is 2.31. The molecule has 2 aromatic carbocycles. The fraction of sp³-hybridized carbons (Fsp3) is 0.481. The van der Waals surface area contributed by atoms with E-state index in [4.69, 9.17) is 0 Å². The number of rotatable bonds is 4. The summed E-state index contributed by atoms with van der Waals surface area (Å²) in [5.41, 5.74) is 10.7. The van der Waals surface area contributed by atoms with Crippen LogP contribution in [0.25, 0.3) is 17.2 Å². The molecule has 2 aromatic rings. The van der Waals surface area contributed by atoms with Crippen LogP contribution in [0.4, 0.5) is 0 Å². The van der Waals surface area contributed by atoms with Crippen molar-refractivity contribution in [2.45, 2.75) is 78.6 Å². The van der Waals surface area contributed by atoms with Gasteiger partial charge in [-0.05, 0) is 67.2 Å². The second kappa shape index (κ2) is 7.66. The predicted molar refractivity (Wildman–Crippen MR) is 118 cm³/mol. The first-order chi connectivity index (χ1) is 13.1. The van der Waals surface area contributed by atoms with E-state index in [2.05, 4.69) is 63.2 Å². The summed E-state index contributed by atoms with van der Waals surface area (Å²) in [5, 5.41) is 0. The van der Waals surface area contributed by atoms with E-state index in [9.17, 15) is 0 Å². The van der Waals surface area contributed by atoms with E-state index >= 15 is 0 Å². The summed E-state index contributed by atoms with van der Waals surface area (Å²) in [7, 11) is 0. The lowest BCUT2D eigenvalue weighted by Gasteiger charge is -2.32. The van der Waals surface area contributed by atoms with Crippen molar-refractivity contribution in [1.29, 1.82) is 0 Å². The summed E-state index contributed by atoms with van der Waals surface area (Å²) in [6, 6.07) is 13.9. The van der Waals surface area contributed by atoms with Crippen LogP contribution < -0.4 is 0 Å². The highest BCUT2D eigenvalue weighted by atomic mass is 14.4. The molecule has 0 saturated heterocycles. The van der Waals surface area contributed by atoms with E-state index < -0.39 is 0 Å². The van der Waals surface area contributed by atoms with Gasteiger partial charge in [0.05, 0.1) is 0 Å². The molecular formula is C27H34. The second-order valence-electron chi connectivity index (χ2n) is 9.18. The summed E-state index contributed by atoms with van der Waals surface area (Å²) in [6.07, 6.45) is 15.0. The lowest BCUT2D eigenvalue weighted by atomic mass is 9.73. The Morgan fingerprint density at radius 2 is 1.59 bits per heavy atom. The third kappa shape index (κ3) is 3.91. The summed E-state index contributed by atoms with van der Waals surface area (Å²) in [5.74, 6) is 0. The number of benzene rings is 2. The van der Waals surface area contributed by atoms with Gasteiger partial charge >= 0.3 is 0 Å². The zero-order chi connectivity index (χ0) is 18.9. The van der Waals surface area contributed by atoms with E-state index in [0.29, 0.717) is 5.41 Å². The standard InChI is InChI=1S/C27H34/c1-4-27(12-7-5-6-8-13-27)19-22-17-23-10-9-11-25(26(23)18-22)24-15-20(2)14-21(3)16-24/h9-11,14-16,18H,4-8,12-13,17,19H2,1-3H3. The highest BCUT2D eigenvalue weighted by Crippen LogP contribution is 2.46. The number of fused-ring (bicyclic) bond motifs is 1. The maximum absolute atomic E-state index is 2.55. The minimum Gasteiger partial charge on any atom is -0.0648 e. The number of allylic oxidation sites excluding steroid dienone is 1. The normalized spacial score (nSPS) is 18.7. The van der Waals surface area contributed by atoms with Crippen molar-refractivity contribution in [3.05, 3.63) is 64.2 Å². The van der Waals surface area contributed by atoms with Gasteiger partial charge in [-0.3, -0.25) is 0 Å². The van der Waals surface area contributed by atoms with E-state index in [1.807, 2.05) is 0 Å². The zero-order valence-electron chi connectivity index (χ0n) is 17.4. The molecule has 4 rings (SSSR count). The summed E-state index contributed by atoms with van der Waals surface area (Å²) in [6.45, 7) is 6.84. The van der Waals surface area contributed by atoms with Crippen LogP contribution in [0.5, 0.6) is 0 Å². The Morgan fingerprint density at radius 1 is 0.889 bits per heavy atom. The average Bonchev–Trinajstić information content (AvgIpc) is 2.90. The van der Waals surface area contributed by atoms with Crippen molar-refractivity contribution in [1.82, 2.24) is 0 Å². The molecule has 0 N–H and O–H groups in total. The van der Waals surface area contributed by atoms with Gasteiger partial charge in [0, 0.05) is 0 Å². The number of aryl methyl sites for hydroxylation is 2. The van der Waals surface area contributed by atoms with Gasteiger partial charge in [0.1, 0.15) is 0 Å². The Kier molecular flexibility index (Phi) is 5.26. The van der Waals surface area contributed by atoms with Crippen molar-refractivity contribution in [2.75, 3.05) is 0 Å². The maximum Gasteiger partial charge on any atom is -0.00574 e. The van der Waals surface area contributed by atoms with Gasteiger partial charge in [-0.25, -0.2) is 0 Å². The van der Waals surface area contributed by atoms with Gasteiger partial charge in [0.2, 0.25) is 0 Å². The van der Waals surface area contributed by atoms with E-state index in [0.717, 1.165) is 6.42 Å². The molecule has 1 fully saturated rings. The molecule has 2 aliphatic carbocycles. The van der Waals surface area contributed by atoms with Crippen molar-refractivity contribution >= 4 is 6.08 Å². The smallest absolute Gasteiger partial charge is 0.00574 e. The third-order valence-corrected chi connectivity index (χ3v) is 7.01. The molecular weight excluding hydrogens is 324 g/mol. The molecule has 0 heteroatoms. The molecule has 1 saturated carbocycles. The maximum atomic E-state index is 2.55. The van der Waals surface area contributed by atoms with Gasteiger partial charge < -0.3 is 0 Å². The SMILES string of the molecule is CCC1(CC2=Cc3c(cccc3-c3cc(C)cc(C)c3)C2)CCCCCC1. The van der Waals surface area contributed by atoms with E-state index in [1.54, 1.807) is 5.57 Å². The first-order valence-corrected chi connectivity index (χ1v) is 11.0. The Morgan fingerprint density at radius 3 is 2.26 bits per heavy atom. The van der Waals surface area contributed by atoms with Gasteiger partial charge in [-0.15, -0.1) is 0 Å². The molecule has 27 heavy (non-hydrogen) atoms. The molecule has 0 amide bonds. The largest absolute Gasteiger partial charge is 0.0648 e. The van der Waals surface area contributed by atoms with Crippen LogP contribution in [-0.4, -0.2) is 0 Å². The molecule has 0 unspecified atom stereocenters. The zero-order valence-corrected chi connectivity index (χ0v) is 17.4. The van der Waals surface area contributed by atoms with Gasteiger partial charge in [0.15, 0.2) is 0 Å². The van der Waals surface area contributed by atoms with Crippen LogP contribution >= 0.6 is 0 Å². The van der Waals surface area contributed by atoms with Gasteiger partial charge in [0.25, 0.3) is 0 Å². The van der Waals surface area contributed by atoms with Crippen LogP contribution in [-0.2, 0) is 6.42 Å². The summed E-state index contributed by atoms with van der Waals surface area (Å²) < 4.78 is 0. The Hall–Kier alpha value is -1.82. The summed E-state index contributed by atoms with van der Waals surface area (Å²) in [4.78, 5) is 0. The molecule has 0 spiro atoms. The highest BCUT2D eigenvalue weighted by molar-refractivity contribution is 5.81. The van der Waals surface area contributed by atoms with Gasteiger partial charge in [-0.1, -0.05) is 98.2 Å². The molecule has 0 heterocycles. The van der Waals surface area contributed by atoms with E-state index in [-0.39, 0.29) is 0 Å². The van der Waals surface area contributed by atoms with Crippen molar-refractivity contribution in [3.8, 4) is 11.1 Å². The molecule has 0 nitrogen and oxygen atoms in total. The van der Waals surface area contributed by atoms with Crippen molar-refractivity contribution < 1.29 is 0 Å². The third-order valence-electron chi connectivity index (χ3n) is 7.01. The van der Waals surface area contributed by atoms with Crippen LogP contribution in [0.3, 0.4) is 0 Å². The Labute approximate surface area is 165 Å². The molecule has 0 aromatic heterocycles. The Balaban J connectivity index is 1.65. The van der Waals surface area contributed by atoms with Crippen LogP contribution in [0.1, 0.15) is 80.5 Å². The number of hydrogen-bond acceptors (Lipinski definition) is 0. The van der Waals surface area contributed by atoms with Crippen LogP contribution in [0.15, 0.2) is 42.0 Å². The number of hydrogen-bond donors (Lipinski definition) is 0. The monoisotopic (exact) mass is 358 g/mol. The fourth-order valence-electron chi connectivity index (χ4n) is 5.55. The quantitative estimate of drug-likeness (QED) is 0.485. The molecule has 0 aliphatic heterocycles. The second-order valence-corrected chi connectivity index (χ2v) is 9.18. The minimum atomic E-state index is 0.560. The molecule has 0 radical (unpaired) electrons. The predicted octanol–water partition coefficient (Wildman–Crippen LogP) is 8.05. The lowest BCUT2D eigenvalue weighted by molar-refractivity contribution is 0.230. The first-order valence-electron chi connectivity index (χ1n) is 11.0. The molecule has 0 bridgehead atoms. The van der Waals surface area contributed by atoms with Crippen LogP contribution in [0.2, 0.25) is 0 Å². The van der Waals surface area contributed by atoms with Crippen molar-refractivity contribution in [2.24, 2.45) is 5.41 Å². The average molecular weight is 359 g/mol. The fourth-order valence-corrected chi connectivity index (χ4v) is 5.55. The minimum absolute atomic E-state index is 0.560. The molecule has 2 aliphatic rings. The van der Waals surface area contributed by atoms with Crippen LogP contribution in [0, 0.1) is 19.3 Å². The topological polar surface area (TPSA) is 0 Å². The molecule has 142 valence electrons. The summed E-state index contributed by atoms with van der Waals surface area (Å²) >= 11 is 0. The van der Waals surface area contributed by atoms with Gasteiger partial charge in [-0.2, -0.15) is 0 Å². The first kappa shape index (κ1) is 18.5.